The van der Waals surface area contributed by atoms with Gasteiger partial charge in [-0.25, -0.2) is 4.39 Å². The van der Waals surface area contributed by atoms with Gasteiger partial charge in [0.05, 0.1) is 6.54 Å². The Bertz CT molecular complexity index is 1270. The molecule has 2 N–H and O–H groups in total. The van der Waals surface area contributed by atoms with Crippen molar-refractivity contribution in [3.63, 3.8) is 0 Å². The summed E-state index contributed by atoms with van der Waals surface area (Å²) in [6, 6.07) is 16.6. The number of rotatable bonds is 6. The number of furan rings is 1. The number of nitrogens with zero attached hydrogens (tertiary/aromatic N) is 1. The quantitative estimate of drug-likeness (QED) is 0.238. The number of amides is 1. The van der Waals surface area contributed by atoms with E-state index in [1.165, 1.54) is 12.1 Å². The highest BCUT2D eigenvalue weighted by Gasteiger charge is 2.32. The second-order valence-electron chi connectivity index (χ2n) is 9.13. The summed E-state index contributed by atoms with van der Waals surface area (Å²) >= 11 is 4.88. The third-order valence-electron chi connectivity index (χ3n) is 6.90. The zero-order valence-corrected chi connectivity index (χ0v) is 20.2. The van der Waals surface area contributed by atoms with Gasteiger partial charge in [-0.1, -0.05) is 24.6 Å². The molecule has 178 valence electrons. The first-order valence-corrected chi connectivity index (χ1v) is 12.5. The van der Waals surface area contributed by atoms with Crippen molar-refractivity contribution in [1.82, 2.24) is 15.2 Å². The molecule has 5 rings (SSSR count). The Morgan fingerprint density at radius 2 is 2.03 bits per heavy atom. The van der Waals surface area contributed by atoms with Crippen LogP contribution in [-0.2, 0) is 6.54 Å². The highest BCUT2D eigenvalue weighted by molar-refractivity contribution is 7.81. The van der Waals surface area contributed by atoms with Crippen LogP contribution in [0.3, 0.4) is 0 Å². The maximum absolute atomic E-state index is 13.5. The molecule has 1 aliphatic carbocycles. The Labute approximate surface area is 204 Å². The monoisotopic (exact) mass is 479 g/mol. The van der Waals surface area contributed by atoms with Crippen molar-refractivity contribution >= 4 is 40.4 Å². The minimum Gasteiger partial charge on any atom is -0.460 e. The van der Waals surface area contributed by atoms with Gasteiger partial charge in [-0.15, -0.1) is 0 Å². The number of benzene rings is 2. The summed E-state index contributed by atoms with van der Waals surface area (Å²) in [4.78, 5) is 18.7. The molecule has 0 bridgehead atoms. The van der Waals surface area contributed by atoms with Gasteiger partial charge in [0.25, 0.3) is 5.91 Å². The molecule has 0 unspecified atom stereocenters. The lowest BCUT2D eigenvalue weighted by atomic mass is 10.0. The fraction of sp³-hybridized carbons (Fsp3) is 0.370. The van der Waals surface area contributed by atoms with Gasteiger partial charge in [0, 0.05) is 40.2 Å². The van der Waals surface area contributed by atoms with Crippen LogP contribution in [0.4, 0.5) is 4.39 Å². The molecule has 1 saturated carbocycles. The first kappa shape index (κ1) is 23.0. The van der Waals surface area contributed by atoms with Crippen molar-refractivity contribution in [2.75, 3.05) is 6.54 Å². The van der Waals surface area contributed by atoms with Crippen molar-refractivity contribution in [3.8, 4) is 0 Å². The average Bonchev–Trinajstić information content (AvgIpc) is 3.40. The Hall–Kier alpha value is -2.77. The van der Waals surface area contributed by atoms with Crippen LogP contribution in [0.2, 0.25) is 0 Å². The van der Waals surface area contributed by atoms with E-state index in [-0.39, 0.29) is 29.1 Å². The summed E-state index contributed by atoms with van der Waals surface area (Å²) in [5, 5.41) is 5.60. The SMILES string of the molecule is CCN(C(=O)c1cc2ccccc2[nH]1)[C@H]1CCC[C@H](S)[C@@H](NCc2cc3cc(F)ccc3o2)C1. The van der Waals surface area contributed by atoms with Gasteiger partial charge in [-0.2, -0.15) is 12.6 Å². The van der Waals surface area contributed by atoms with E-state index in [0.29, 0.717) is 24.4 Å². The molecule has 0 spiro atoms. The average molecular weight is 480 g/mol. The van der Waals surface area contributed by atoms with Crippen LogP contribution in [0.5, 0.6) is 0 Å². The number of hydrogen-bond acceptors (Lipinski definition) is 4. The fourth-order valence-corrected chi connectivity index (χ4v) is 5.54. The normalized spacial score (nSPS) is 21.1. The van der Waals surface area contributed by atoms with Gasteiger partial charge in [-0.3, -0.25) is 4.79 Å². The standard InChI is InChI=1S/C27H30FN3O2S/c1-2-31(27(32)24-14-17-6-3-4-8-22(17)30-24)20-7-5-9-26(34)23(15-20)29-16-21-13-18-12-19(28)10-11-25(18)33-21/h3-4,6,8,10-14,20,23,26,29-30,34H,2,5,7,9,15-16H2,1H3/t20-,23-,26-/m0/s1. The lowest BCUT2D eigenvalue weighted by Gasteiger charge is -2.32. The largest absolute Gasteiger partial charge is 0.460 e. The number of H-pyrrole nitrogens is 1. The number of aromatic amines is 1. The van der Waals surface area contributed by atoms with E-state index < -0.39 is 0 Å². The Balaban J connectivity index is 1.30. The Kier molecular flexibility index (Phi) is 6.66. The number of thiol groups is 1. The summed E-state index contributed by atoms with van der Waals surface area (Å²) in [6.45, 7) is 3.23. The van der Waals surface area contributed by atoms with E-state index in [1.807, 2.05) is 48.2 Å². The van der Waals surface area contributed by atoms with Crippen LogP contribution in [-0.4, -0.2) is 39.7 Å². The minimum atomic E-state index is -0.269. The molecule has 7 heteroatoms. The lowest BCUT2D eigenvalue weighted by Crippen LogP contribution is -2.45. The lowest BCUT2D eigenvalue weighted by molar-refractivity contribution is 0.0660. The molecule has 3 atom stereocenters. The van der Waals surface area contributed by atoms with Crippen molar-refractivity contribution in [2.45, 2.75) is 56.5 Å². The van der Waals surface area contributed by atoms with Gasteiger partial charge < -0.3 is 19.6 Å². The highest BCUT2D eigenvalue weighted by atomic mass is 32.1. The van der Waals surface area contributed by atoms with Crippen molar-refractivity contribution < 1.29 is 13.6 Å². The van der Waals surface area contributed by atoms with Crippen LogP contribution in [0.15, 0.2) is 59.0 Å². The smallest absolute Gasteiger partial charge is 0.270 e. The number of carbonyl (C=O) groups excluding carboxylic acids is 1. The van der Waals surface area contributed by atoms with Crippen molar-refractivity contribution in [2.24, 2.45) is 0 Å². The molecular formula is C27H30FN3O2S. The number of para-hydroxylation sites is 1. The second kappa shape index (κ2) is 9.84. The van der Waals surface area contributed by atoms with E-state index in [0.717, 1.165) is 47.7 Å². The molecule has 5 nitrogen and oxygen atoms in total. The highest BCUT2D eigenvalue weighted by Crippen LogP contribution is 2.28. The van der Waals surface area contributed by atoms with Crippen LogP contribution in [0.25, 0.3) is 21.9 Å². The van der Waals surface area contributed by atoms with Crippen molar-refractivity contribution in [3.05, 3.63) is 71.9 Å². The predicted octanol–water partition coefficient (Wildman–Crippen LogP) is 5.91. The summed E-state index contributed by atoms with van der Waals surface area (Å²) < 4.78 is 19.4. The zero-order valence-electron chi connectivity index (χ0n) is 19.3. The van der Waals surface area contributed by atoms with Gasteiger partial charge in [-0.05, 0) is 62.6 Å². The van der Waals surface area contributed by atoms with E-state index in [2.05, 4.69) is 10.3 Å². The molecule has 2 aromatic heterocycles. The maximum Gasteiger partial charge on any atom is 0.270 e. The van der Waals surface area contributed by atoms with Gasteiger partial charge in [0.1, 0.15) is 22.9 Å². The van der Waals surface area contributed by atoms with Crippen molar-refractivity contribution in [1.29, 1.82) is 0 Å². The summed E-state index contributed by atoms with van der Waals surface area (Å²) in [5.41, 5.74) is 2.29. The Morgan fingerprint density at radius 1 is 1.18 bits per heavy atom. The summed E-state index contributed by atoms with van der Waals surface area (Å²) in [7, 11) is 0. The molecule has 1 amide bonds. The van der Waals surface area contributed by atoms with Crippen LogP contribution >= 0.6 is 12.6 Å². The molecule has 1 fully saturated rings. The molecule has 34 heavy (non-hydrogen) atoms. The van der Waals surface area contributed by atoms with Gasteiger partial charge >= 0.3 is 0 Å². The van der Waals surface area contributed by atoms with E-state index in [4.69, 9.17) is 17.0 Å². The Morgan fingerprint density at radius 3 is 2.85 bits per heavy atom. The van der Waals surface area contributed by atoms with E-state index in [1.54, 1.807) is 6.07 Å². The fourth-order valence-electron chi connectivity index (χ4n) is 5.13. The molecule has 0 radical (unpaired) electrons. The molecule has 2 aromatic carbocycles. The number of hydrogen-bond donors (Lipinski definition) is 3. The number of fused-ring (bicyclic) bond motifs is 2. The molecule has 1 aliphatic rings. The van der Waals surface area contributed by atoms with E-state index in [9.17, 15) is 9.18 Å². The minimum absolute atomic E-state index is 0.0411. The third kappa shape index (κ3) is 4.72. The van der Waals surface area contributed by atoms with Crippen LogP contribution in [0.1, 0.15) is 48.9 Å². The third-order valence-corrected chi connectivity index (χ3v) is 7.52. The maximum atomic E-state index is 13.5. The second-order valence-corrected chi connectivity index (χ2v) is 9.79. The molecule has 4 aromatic rings. The first-order valence-electron chi connectivity index (χ1n) is 12.0. The van der Waals surface area contributed by atoms with E-state index >= 15 is 0 Å². The summed E-state index contributed by atoms with van der Waals surface area (Å²) in [5.74, 6) is 0.539. The van der Waals surface area contributed by atoms with Crippen LogP contribution < -0.4 is 5.32 Å². The molecule has 0 saturated heterocycles. The summed E-state index contributed by atoms with van der Waals surface area (Å²) in [6.07, 6.45) is 3.79. The van der Waals surface area contributed by atoms with Gasteiger partial charge in [0.15, 0.2) is 0 Å². The van der Waals surface area contributed by atoms with Gasteiger partial charge in [0.2, 0.25) is 0 Å². The molecule has 2 heterocycles. The predicted molar refractivity (Wildman–Crippen MR) is 137 cm³/mol. The molecular weight excluding hydrogens is 449 g/mol. The van der Waals surface area contributed by atoms with Crippen LogP contribution in [0, 0.1) is 5.82 Å². The number of carbonyl (C=O) groups is 1. The number of nitrogens with one attached hydrogen (secondary N) is 2. The topological polar surface area (TPSA) is 61.3 Å². The first-order chi connectivity index (χ1) is 16.5. The number of aromatic nitrogens is 1. The molecule has 0 aliphatic heterocycles. The number of halogens is 1. The zero-order chi connectivity index (χ0) is 23.7.